The van der Waals surface area contributed by atoms with Crippen molar-refractivity contribution in [2.24, 2.45) is 5.92 Å². The molecule has 3 aliphatic rings. The van der Waals surface area contributed by atoms with Crippen LogP contribution >= 0.6 is 23.2 Å². The molecule has 30 heavy (non-hydrogen) atoms. The fourth-order valence-electron chi connectivity index (χ4n) is 4.18. The third-order valence-electron chi connectivity index (χ3n) is 5.97. The topological polar surface area (TPSA) is 59.1 Å². The summed E-state index contributed by atoms with van der Waals surface area (Å²) in [5, 5.41) is 0.854. The second-order valence-corrected chi connectivity index (χ2v) is 8.65. The molecule has 8 heteroatoms. The summed E-state index contributed by atoms with van der Waals surface area (Å²) in [5.74, 6) is 1.72. The Morgan fingerprint density at radius 2 is 1.63 bits per heavy atom. The van der Waals surface area contributed by atoms with E-state index in [9.17, 15) is 9.59 Å². The van der Waals surface area contributed by atoms with Gasteiger partial charge in [-0.1, -0.05) is 29.3 Å². The molecule has 2 aromatic rings. The fourth-order valence-corrected chi connectivity index (χ4v) is 4.55. The van der Waals surface area contributed by atoms with Crippen molar-refractivity contribution < 1.29 is 19.1 Å². The Balaban J connectivity index is 1.19. The number of carbonyl (C=O) groups excluding carboxylic acids is 2. The van der Waals surface area contributed by atoms with Crippen molar-refractivity contribution in [2.45, 2.75) is 12.3 Å². The minimum Gasteiger partial charge on any atom is -0.454 e. The predicted molar refractivity (Wildman–Crippen MR) is 112 cm³/mol. The Hall–Kier alpha value is -2.44. The number of carbonyl (C=O) groups is 2. The standard InChI is InChI=1S/C22H20Cl2N2O4/c23-14-2-3-18(24)17(10-14)22(28)26-7-5-25(6-8-26)21(27)16-11-15(16)13-1-4-19-20(9-13)30-12-29-19/h1-4,9-10,15-16H,5-8,11-12H2/t15-,16-/m0/s1. The molecule has 2 atom stereocenters. The Kier molecular flexibility index (Phi) is 4.99. The smallest absolute Gasteiger partial charge is 0.255 e. The molecular weight excluding hydrogens is 427 g/mol. The van der Waals surface area contributed by atoms with E-state index in [2.05, 4.69) is 0 Å². The maximum Gasteiger partial charge on any atom is 0.255 e. The summed E-state index contributed by atoms with van der Waals surface area (Å²) < 4.78 is 10.8. The molecule has 1 saturated carbocycles. The molecule has 2 amide bonds. The first-order valence-corrected chi connectivity index (χ1v) is 10.7. The highest BCUT2D eigenvalue weighted by Gasteiger charge is 2.46. The zero-order valence-corrected chi connectivity index (χ0v) is 17.7. The first-order valence-electron chi connectivity index (χ1n) is 9.94. The van der Waals surface area contributed by atoms with Crippen LogP contribution in [0.4, 0.5) is 0 Å². The molecule has 2 aromatic carbocycles. The lowest BCUT2D eigenvalue weighted by Crippen LogP contribution is -2.51. The zero-order chi connectivity index (χ0) is 20.8. The Labute approximate surface area is 184 Å². The predicted octanol–water partition coefficient (Wildman–Crippen LogP) is 3.81. The molecule has 5 rings (SSSR count). The van der Waals surface area contributed by atoms with E-state index in [1.54, 1.807) is 23.1 Å². The van der Waals surface area contributed by atoms with Crippen LogP contribution in [-0.2, 0) is 4.79 Å². The van der Waals surface area contributed by atoms with Crippen LogP contribution in [0.3, 0.4) is 0 Å². The van der Waals surface area contributed by atoms with E-state index in [0.717, 1.165) is 23.5 Å². The highest BCUT2D eigenvalue weighted by atomic mass is 35.5. The number of rotatable bonds is 3. The highest BCUT2D eigenvalue weighted by molar-refractivity contribution is 6.35. The van der Waals surface area contributed by atoms with Gasteiger partial charge in [0.2, 0.25) is 12.7 Å². The number of halogens is 2. The first-order chi connectivity index (χ1) is 14.5. The second-order valence-electron chi connectivity index (χ2n) is 7.80. The van der Waals surface area contributed by atoms with Crippen LogP contribution in [0, 0.1) is 5.92 Å². The van der Waals surface area contributed by atoms with Crippen molar-refractivity contribution in [3.63, 3.8) is 0 Å². The summed E-state index contributed by atoms with van der Waals surface area (Å²) in [5.41, 5.74) is 1.51. The summed E-state index contributed by atoms with van der Waals surface area (Å²) in [6.45, 7) is 2.25. The quantitative estimate of drug-likeness (QED) is 0.718. The molecule has 0 aromatic heterocycles. The Morgan fingerprint density at radius 1 is 0.900 bits per heavy atom. The van der Waals surface area contributed by atoms with Gasteiger partial charge in [-0.15, -0.1) is 0 Å². The van der Waals surface area contributed by atoms with Crippen molar-refractivity contribution in [1.29, 1.82) is 0 Å². The minimum atomic E-state index is -0.153. The molecule has 0 spiro atoms. The lowest BCUT2D eigenvalue weighted by Gasteiger charge is -2.35. The number of benzene rings is 2. The third kappa shape index (κ3) is 3.59. The summed E-state index contributed by atoms with van der Waals surface area (Å²) in [7, 11) is 0. The van der Waals surface area contributed by atoms with Gasteiger partial charge in [-0.25, -0.2) is 0 Å². The van der Waals surface area contributed by atoms with Gasteiger partial charge in [0.05, 0.1) is 10.6 Å². The Bertz CT molecular complexity index is 1020. The molecule has 2 heterocycles. The Morgan fingerprint density at radius 3 is 2.43 bits per heavy atom. The van der Waals surface area contributed by atoms with Crippen molar-refractivity contribution in [1.82, 2.24) is 9.80 Å². The lowest BCUT2D eigenvalue weighted by molar-refractivity contribution is -0.134. The maximum atomic E-state index is 13.0. The van der Waals surface area contributed by atoms with Gasteiger partial charge in [0.1, 0.15) is 0 Å². The summed E-state index contributed by atoms with van der Waals surface area (Å²) in [6.07, 6.45) is 0.843. The first kappa shape index (κ1) is 19.5. The van der Waals surface area contributed by atoms with E-state index >= 15 is 0 Å². The monoisotopic (exact) mass is 446 g/mol. The van der Waals surface area contributed by atoms with Crippen LogP contribution in [0.2, 0.25) is 10.0 Å². The summed E-state index contributed by atoms with van der Waals surface area (Å²) >= 11 is 12.2. The van der Waals surface area contributed by atoms with Gasteiger partial charge in [-0.3, -0.25) is 9.59 Å². The average molecular weight is 447 g/mol. The number of amides is 2. The molecule has 6 nitrogen and oxygen atoms in total. The van der Waals surface area contributed by atoms with E-state index < -0.39 is 0 Å². The average Bonchev–Trinajstić information content (AvgIpc) is 3.43. The molecule has 156 valence electrons. The van der Waals surface area contributed by atoms with Gasteiger partial charge in [0, 0.05) is 37.1 Å². The number of fused-ring (bicyclic) bond motifs is 1. The van der Waals surface area contributed by atoms with Crippen LogP contribution in [-0.4, -0.2) is 54.6 Å². The minimum absolute atomic E-state index is 0.00463. The zero-order valence-electron chi connectivity index (χ0n) is 16.1. The number of piperazine rings is 1. The van der Waals surface area contributed by atoms with Crippen LogP contribution < -0.4 is 9.47 Å². The van der Waals surface area contributed by atoms with E-state index in [0.29, 0.717) is 41.8 Å². The normalized spacial score (nSPS) is 22.2. The van der Waals surface area contributed by atoms with Gasteiger partial charge in [0.15, 0.2) is 11.5 Å². The van der Waals surface area contributed by atoms with Crippen LogP contribution in [0.1, 0.15) is 28.3 Å². The van der Waals surface area contributed by atoms with E-state index in [1.165, 1.54) is 0 Å². The van der Waals surface area contributed by atoms with Gasteiger partial charge >= 0.3 is 0 Å². The van der Waals surface area contributed by atoms with Gasteiger partial charge in [-0.05, 0) is 48.2 Å². The molecular formula is C22H20Cl2N2O4. The van der Waals surface area contributed by atoms with Crippen molar-refractivity contribution >= 4 is 35.0 Å². The lowest BCUT2D eigenvalue weighted by atomic mass is 10.1. The molecule has 0 unspecified atom stereocenters. The molecule has 1 aliphatic carbocycles. The number of hydrogen-bond acceptors (Lipinski definition) is 4. The third-order valence-corrected chi connectivity index (χ3v) is 6.53. The fraction of sp³-hybridized carbons (Fsp3) is 0.364. The molecule has 0 radical (unpaired) electrons. The van der Waals surface area contributed by atoms with E-state index in [4.69, 9.17) is 32.7 Å². The van der Waals surface area contributed by atoms with Crippen LogP contribution in [0.15, 0.2) is 36.4 Å². The highest BCUT2D eigenvalue weighted by Crippen LogP contribution is 2.50. The van der Waals surface area contributed by atoms with Crippen molar-refractivity contribution in [3.05, 3.63) is 57.6 Å². The molecule has 2 fully saturated rings. The number of hydrogen-bond donors (Lipinski definition) is 0. The number of nitrogens with zero attached hydrogens (tertiary/aromatic N) is 2. The van der Waals surface area contributed by atoms with Gasteiger partial charge < -0.3 is 19.3 Å². The van der Waals surface area contributed by atoms with E-state index in [-0.39, 0.29) is 30.4 Å². The second kappa shape index (κ2) is 7.67. The van der Waals surface area contributed by atoms with Gasteiger partial charge in [-0.2, -0.15) is 0 Å². The summed E-state index contributed by atoms with van der Waals surface area (Å²) in [4.78, 5) is 29.3. The van der Waals surface area contributed by atoms with Crippen molar-refractivity contribution in [2.75, 3.05) is 33.0 Å². The van der Waals surface area contributed by atoms with Crippen molar-refractivity contribution in [3.8, 4) is 11.5 Å². The largest absolute Gasteiger partial charge is 0.454 e. The number of ether oxygens (including phenoxy) is 2. The molecule has 0 N–H and O–H groups in total. The molecule has 0 bridgehead atoms. The maximum absolute atomic E-state index is 13.0. The van der Waals surface area contributed by atoms with Crippen LogP contribution in [0.25, 0.3) is 0 Å². The molecule has 1 saturated heterocycles. The summed E-state index contributed by atoms with van der Waals surface area (Å²) in [6, 6.07) is 10.8. The SMILES string of the molecule is O=C(c1cc(Cl)ccc1Cl)N1CCN(C(=O)[C@H]2C[C@H]2c2ccc3c(c2)OCO3)CC1. The van der Waals surface area contributed by atoms with E-state index in [1.807, 2.05) is 23.1 Å². The molecule has 2 aliphatic heterocycles. The van der Waals surface area contributed by atoms with Crippen LogP contribution in [0.5, 0.6) is 11.5 Å². The van der Waals surface area contributed by atoms with Gasteiger partial charge in [0.25, 0.3) is 5.91 Å².